The van der Waals surface area contributed by atoms with Crippen LogP contribution in [0, 0.1) is 0 Å². The van der Waals surface area contributed by atoms with Crippen molar-refractivity contribution in [3.05, 3.63) is 102 Å². The SMILES string of the molecule is O=P1(C2CCCCC2)C(c2ccccc2)=C(c2ccccc2)c2ccccc21. The minimum atomic E-state index is -2.71. The van der Waals surface area contributed by atoms with E-state index in [4.69, 9.17) is 0 Å². The summed E-state index contributed by atoms with van der Waals surface area (Å²) < 4.78 is 15.0. The molecule has 0 bridgehead atoms. The van der Waals surface area contributed by atoms with Crippen molar-refractivity contribution in [2.75, 3.05) is 0 Å². The van der Waals surface area contributed by atoms with Gasteiger partial charge in [-0.1, -0.05) is 104 Å². The summed E-state index contributed by atoms with van der Waals surface area (Å²) in [5.41, 5.74) is 4.89. The summed E-state index contributed by atoms with van der Waals surface area (Å²) in [6, 6.07) is 29.4. The van der Waals surface area contributed by atoms with E-state index in [1.807, 2.05) is 12.1 Å². The first-order chi connectivity index (χ1) is 13.8. The van der Waals surface area contributed by atoms with Crippen molar-refractivity contribution in [2.45, 2.75) is 37.8 Å². The van der Waals surface area contributed by atoms with Gasteiger partial charge in [-0.2, -0.15) is 0 Å². The van der Waals surface area contributed by atoms with Gasteiger partial charge >= 0.3 is 0 Å². The summed E-state index contributed by atoms with van der Waals surface area (Å²) in [7, 11) is -2.71. The molecule has 1 heterocycles. The Kier molecular flexibility index (Phi) is 4.57. The van der Waals surface area contributed by atoms with Crippen LogP contribution >= 0.6 is 7.14 Å². The Morgan fingerprint density at radius 2 is 1.21 bits per heavy atom. The molecule has 0 aromatic heterocycles. The van der Waals surface area contributed by atoms with Gasteiger partial charge in [0.2, 0.25) is 0 Å². The summed E-state index contributed by atoms with van der Waals surface area (Å²) in [4.78, 5) is 0. The largest absolute Gasteiger partial charge is 0.313 e. The van der Waals surface area contributed by atoms with E-state index in [1.165, 1.54) is 36.0 Å². The lowest BCUT2D eigenvalue weighted by Gasteiger charge is -2.31. The van der Waals surface area contributed by atoms with Crippen LogP contribution in [0.3, 0.4) is 0 Å². The van der Waals surface area contributed by atoms with E-state index < -0.39 is 7.14 Å². The van der Waals surface area contributed by atoms with Gasteiger partial charge in [-0.15, -0.1) is 0 Å². The zero-order valence-corrected chi connectivity index (χ0v) is 16.9. The Morgan fingerprint density at radius 3 is 1.89 bits per heavy atom. The van der Waals surface area contributed by atoms with Gasteiger partial charge < -0.3 is 4.57 Å². The van der Waals surface area contributed by atoms with Crippen molar-refractivity contribution < 1.29 is 4.57 Å². The fourth-order valence-corrected chi connectivity index (χ4v) is 9.10. The van der Waals surface area contributed by atoms with Gasteiger partial charge in [-0.3, -0.25) is 0 Å². The molecule has 1 saturated carbocycles. The average Bonchev–Trinajstić information content (AvgIpc) is 3.06. The second kappa shape index (κ2) is 7.22. The molecule has 3 aromatic rings. The molecule has 2 aliphatic rings. The molecular weight excluding hydrogens is 359 g/mol. The smallest absolute Gasteiger partial charge is 0.148 e. The Balaban J connectivity index is 1.85. The third-order valence-corrected chi connectivity index (χ3v) is 10.1. The van der Waals surface area contributed by atoms with E-state index in [2.05, 4.69) is 72.8 Å². The highest BCUT2D eigenvalue weighted by Gasteiger charge is 2.46. The highest BCUT2D eigenvalue weighted by Crippen LogP contribution is 2.70. The van der Waals surface area contributed by atoms with Crippen molar-refractivity contribution in [2.24, 2.45) is 0 Å². The van der Waals surface area contributed by atoms with Crippen molar-refractivity contribution in [1.82, 2.24) is 0 Å². The second-order valence-electron chi connectivity index (χ2n) is 7.92. The molecule has 1 fully saturated rings. The zero-order chi connectivity index (χ0) is 19.0. The van der Waals surface area contributed by atoms with Crippen LogP contribution in [0.2, 0.25) is 0 Å². The fourth-order valence-electron chi connectivity index (χ4n) is 5.04. The molecule has 0 saturated heterocycles. The molecule has 5 rings (SSSR count). The van der Waals surface area contributed by atoms with Crippen LogP contribution in [-0.4, -0.2) is 5.66 Å². The highest BCUT2D eigenvalue weighted by molar-refractivity contribution is 7.83. The third kappa shape index (κ3) is 2.73. The molecule has 1 aliphatic carbocycles. The van der Waals surface area contributed by atoms with Gasteiger partial charge in [-0.05, 0) is 29.5 Å². The molecule has 28 heavy (non-hydrogen) atoms. The maximum Gasteiger partial charge on any atom is 0.148 e. The standard InChI is InChI=1S/C26H25OP/c27-28(22-16-8-3-9-17-22)24-19-11-10-18-23(24)25(20-12-4-1-5-13-20)26(28)21-14-6-2-7-15-21/h1-2,4-7,10-15,18-19,22H,3,8-9,16-17H2. The van der Waals surface area contributed by atoms with E-state index >= 15 is 4.57 Å². The van der Waals surface area contributed by atoms with Crippen molar-refractivity contribution in [3.8, 4) is 0 Å². The van der Waals surface area contributed by atoms with Crippen LogP contribution in [0.15, 0.2) is 84.9 Å². The lowest BCUT2D eigenvalue weighted by molar-refractivity contribution is 0.490. The van der Waals surface area contributed by atoms with Crippen LogP contribution in [0.5, 0.6) is 0 Å². The van der Waals surface area contributed by atoms with Gasteiger partial charge in [-0.25, -0.2) is 0 Å². The van der Waals surface area contributed by atoms with E-state index in [0.29, 0.717) is 0 Å². The van der Waals surface area contributed by atoms with Crippen LogP contribution in [-0.2, 0) is 4.57 Å². The lowest BCUT2D eigenvalue weighted by Crippen LogP contribution is -2.20. The molecule has 1 atom stereocenters. The molecule has 0 spiro atoms. The molecule has 2 heteroatoms. The van der Waals surface area contributed by atoms with Crippen LogP contribution in [0.4, 0.5) is 0 Å². The van der Waals surface area contributed by atoms with E-state index in [1.54, 1.807) is 0 Å². The fraction of sp³-hybridized carbons (Fsp3) is 0.231. The molecule has 0 radical (unpaired) electrons. The van der Waals surface area contributed by atoms with Gasteiger partial charge in [0.1, 0.15) is 7.14 Å². The molecular formula is C26H25OP. The first kappa shape index (κ1) is 17.7. The van der Waals surface area contributed by atoms with Gasteiger partial charge in [0.15, 0.2) is 0 Å². The Morgan fingerprint density at radius 1 is 0.643 bits per heavy atom. The minimum absolute atomic E-state index is 0.263. The van der Waals surface area contributed by atoms with Crippen LogP contribution in [0.1, 0.15) is 48.8 Å². The average molecular weight is 384 g/mol. The molecule has 1 nitrogen and oxygen atoms in total. The Bertz CT molecular complexity index is 1060. The quantitative estimate of drug-likeness (QED) is 0.447. The predicted molar refractivity (Wildman–Crippen MR) is 119 cm³/mol. The predicted octanol–water partition coefficient (Wildman–Crippen LogP) is 6.94. The molecule has 0 amide bonds. The van der Waals surface area contributed by atoms with Gasteiger partial charge in [0, 0.05) is 21.9 Å². The molecule has 1 unspecified atom stereocenters. The van der Waals surface area contributed by atoms with Crippen molar-refractivity contribution in [1.29, 1.82) is 0 Å². The van der Waals surface area contributed by atoms with Crippen molar-refractivity contribution >= 4 is 23.3 Å². The monoisotopic (exact) mass is 384 g/mol. The summed E-state index contributed by atoms with van der Waals surface area (Å²) >= 11 is 0. The topological polar surface area (TPSA) is 17.1 Å². The number of hydrogen-bond donors (Lipinski definition) is 0. The van der Waals surface area contributed by atoms with Crippen LogP contribution < -0.4 is 5.30 Å². The van der Waals surface area contributed by atoms with Crippen molar-refractivity contribution in [3.63, 3.8) is 0 Å². The summed E-state index contributed by atoms with van der Waals surface area (Å²) in [6.07, 6.45) is 5.81. The molecule has 0 N–H and O–H groups in total. The maximum absolute atomic E-state index is 15.0. The van der Waals surface area contributed by atoms with Crippen LogP contribution in [0.25, 0.3) is 10.9 Å². The normalized spacial score (nSPS) is 22.3. The summed E-state index contributed by atoms with van der Waals surface area (Å²) in [5, 5.41) is 2.17. The molecule has 140 valence electrons. The molecule has 3 aromatic carbocycles. The van der Waals surface area contributed by atoms with E-state index in [9.17, 15) is 0 Å². The highest BCUT2D eigenvalue weighted by atomic mass is 31.2. The zero-order valence-electron chi connectivity index (χ0n) is 16.1. The Hall–Kier alpha value is -2.37. The first-order valence-corrected chi connectivity index (χ1v) is 12.1. The number of fused-ring (bicyclic) bond motifs is 1. The number of hydrogen-bond acceptors (Lipinski definition) is 1. The number of benzene rings is 3. The number of rotatable bonds is 3. The van der Waals surface area contributed by atoms with Gasteiger partial charge in [0.05, 0.1) is 0 Å². The molecule has 1 aliphatic heterocycles. The minimum Gasteiger partial charge on any atom is -0.313 e. The maximum atomic E-state index is 15.0. The first-order valence-electron chi connectivity index (χ1n) is 10.4. The van der Waals surface area contributed by atoms with E-state index in [0.717, 1.165) is 29.0 Å². The Labute approximate surface area is 167 Å². The van der Waals surface area contributed by atoms with Gasteiger partial charge in [0.25, 0.3) is 0 Å². The summed E-state index contributed by atoms with van der Waals surface area (Å²) in [6.45, 7) is 0. The third-order valence-electron chi connectivity index (χ3n) is 6.30. The lowest BCUT2D eigenvalue weighted by atomic mass is 9.96. The second-order valence-corrected chi connectivity index (χ2v) is 10.9. The van der Waals surface area contributed by atoms with E-state index in [-0.39, 0.29) is 5.66 Å². The summed E-state index contributed by atoms with van der Waals surface area (Å²) in [5.74, 6) is 0.